The van der Waals surface area contributed by atoms with Crippen molar-refractivity contribution >= 4 is 17.5 Å². The SMILES string of the molecule is Cc1ccc(-c2cn(Cc3ccc(F)cc3Cl)nn2)cc1C(=O)NCCN1CCOCC1. The first-order valence-corrected chi connectivity index (χ1v) is 10.9. The van der Waals surface area contributed by atoms with Gasteiger partial charge in [0, 0.05) is 42.3 Å². The van der Waals surface area contributed by atoms with Crippen LogP contribution in [-0.2, 0) is 11.3 Å². The van der Waals surface area contributed by atoms with Gasteiger partial charge in [-0.05, 0) is 36.2 Å². The molecule has 1 aliphatic heterocycles. The molecule has 32 heavy (non-hydrogen) atoms. The minimum absolute atomic E-state index is 0.108. The predicted octanol–water partition coefficient (Wildman–Crippen LogP) is 3.16. The third-order valence-corrected chi connectivity index (χ3v) is 5.83. The molecule has 0 unspecified atom stereocenters. The largest absolute Gasteiger partial charge is 0.379 e. The van der Waals surface area contributed by atoms with Crippen LogP contribution in [0.5, 0.6) is 0 Å². The van der Waals surface area contributed by atoms with E-state index < -0.39 is 0 Å². The summed E-state index contributed by atoms with van der Waals surface area (Å²) < 4.78 is 20.2. The number of halogens is 2. The summed E-state index contributed by atoms with van der Waals surface area (Å²) in [5.74, 6) is -0.489. The average Bonchev–Trinajstić information content (AvgIpc) is 3.25. The standard InChI is InChI=1S/C23H25ClFN5O2/c1-16-2-3-17(12-20(16)23(31)26-6-7-29-8-10-32-11-9-29)22-15-30(28-27-22)14-18-4-5-19(25)13-21(18)24/h2-5,12-13,15H,6-11,14H2,1H3,(H,26,31). The second kappa shape index (κ2) is 10.2. The third-order valence-electron chi connectivity index (χ3n) is 5.48. The molecule has 3 aromatic rings. The first-order chi connectivity index (χ1) is 15.5. The van der Waals surface area contributed by atoms with Gasteiger partial charge in [0.2, 0.25) is 0 Å². The molecule has 1 saturated heterocycles. The number of carbonyl (C=O) groups excluding carboxylic acids is 1. The van der Waals surface area contributed by atoms with E-state index in [1.165, 1.54) is 12.1 Å². The van der Waals surface area contributed by atoms with E-state index in [2.05, 4.69) is 20.5 Å². The van der Waals surface area contributed by atoms with E-state index in [0.29, 0.717) is 29.4 Å². The summed E-state index contributed by atoms with van der Waals surface area (Å²) in [6.07, 6.45) is 1.78. The molecule has 7 nitrogen and oxygen atoms in total. The molecule has 1 amide bonds. The zero-order valence-corrected chi connectivity index (χ0v) is 18.6. The van der Waals surface area contributed by atoms with Crippen LogP contribution in [0.1, 0.15) is 21.5 Å². The number of aromatic nitrogens is 3. The molecule has 4 rings (SSSR count). The van der Waals surface area contributed by atoms with Gasteiger partial charge >= 0.3 is 0 Å². The fraction of sp³-hybridized carbons (Fsp3) is 0.348. The number of benzene rings is 2. The molecular formula is C23H25ClFN5O2. The van der Waals surface area contributed by atoms with Gasteiger partial charge in [-0.1, -0.05) is 35.0 Å². The molecule has 9 heteroatoms. The van der Waals surface area contributed by atoms with Crippen LogP contribution in [0.4, 0.5) is 4.39 Å². The monoisotopic (exact) mass is 457 g/mol. The van der Waals surface area contributed by atoms with Crippen LogP contribution < -0.4 is 5.32 Å². The molecule has 1 aliphatic rings. The molecule has 0 saturated carbocycles. The highest BCUT2D eigenvalue weighted by atomic mass is 35.5. The Kier molecular flexibility index (Phi) is 7.14. The number of aryl methyl sites for hydroxylation is 1. The molecule has 1 aromatic heterocycles. The molecular weight excluding hydrogens is 433 g/mol. The topological polar surface area (TPSA) is 72.3 Å². The first-order valence-electron chi connectivity index (χ1n) is 10.5. The summed E-state index contributed by atoms with van der Waals surface area (Å²) in [6, 6.07) is 9.92. The second-order valence-corrected chi connectivity index (χ2v) is 8.18. The van der Waals surface area contributed by atoms with E-state index in [0.717, 1.165) is 49.5 Å². The highest BCUT2D eigenvalue weighted by Gasteiger charge is 2.14. The first kappa shape index (κ1) is 22.4. The molecule has 0 spiro atoms. The second-order valence-electron chi connectivity index (χ2n) is 7.78. The number of amides is 1. The van der Waals surface area contributed by atoms with Crippen LogP contribution in [0.3, 0.4) is 0 Å². The van der Waals surface area contributed by atoms with Crippen molar-refractivity contribution in [1.29, 1.82) is 0 Å². The van der Waals surface area contributed by atoms with Crippen LogP contribution in [0.15, 0.2) is 42.6 Å². The summed E-state index contributed by atoms with van der Waals surface area (Å²) in [4.78, 5) is 15.0. The highest BCUT2D eigenvalue weighted by Crippen LogP contribution is 2.22. The maximum atomic E-state index is 13.3. The number of ether oxygens (including phenoxy) is 1. The van der Waals surface area contributed by atoms with Crippen LogP contribution in [0.2, 0.25) is 5.02 Å². The van der Waals surface area contributed by atoms with E-state index in [1.54, 1.807) is 16.9 Å². The molecule has 0 radical (unpaired) electrons. The van der Waals surface area contributed by atoms with Crippen molar-refractivity contribution in [2.45, 2.75) is 13.5 Å². The number of hydrogen-bond donors (Lipinski definition) is 1. The summed E-state index contributed by atoms with van der Waals surface area (Å²) in [5, 5.41) is 11.7. The molecule has 1 N–H and O–H groups in total. The van der Waals surface area contributed by atoms with Gasteiger partial charge < -0.3 is 10.1 Å². The average molecular weight is 458 g/mol. The van der Waals surface area contributed by atoms with Gasteiger partial charge in [0.05, 0.1) is 26.0 Å². The summed E-state index contributed by atoms with van der Waals surface area (Å²) in [5.41, 5.74) is 3.69. The summed E-state index contributed by atoms with van der Waals surface area (Å²) >= 11 is 6.11. The Balaban J connectivity index is 1.42. The number of nitrogens with zero attached hydrogens (tertiary/aromatic N) is 4. The fourth-order valence-electron chi connectivity index (χ4n) is 3.61. The quantitative estimate of drug-likeness (QED) is 0.590. The van der Waals surface area contributed by atoms with Crippen LogP contribution in [0, 0.1) is 12.7 Å². The third kappa shape index (κ3) is 5.51. The number of morpholine rings is 1. The van der Waals surface area contributed by atoms with Gasteiger partial charge in [-0.2, -0.15) is 0 Å². The lowest BCUT2D eigenvalue weighted by molar-refractivity contribution is 0.0383. The van der Waals surface area contributed by atoms with Gasteiger partial charge in [-0.25, -0.2) is 9.07 Å². The predicted molar refractivity (Wildman–Crippen MR) is 120 cm³/mol. The lowest BCUT2D eigenvalue weighted by Gasteiger charge is -2.26. The summed E-state index contributed by atoms with van der Waals surface area (Å²) in [6.45, 7) is 6.92. The number of nitrogens with one attached hydrogen (secondary N) is 1. The molecule has 0 atom stereocenters. The molecule has 2 aromatic carbocycles. The smallest absolute Gasteiger partial charge is 0.251 e. The fourth-order valence-corrected chi connectivity index (χ4v) is 3.83. The van der Waals surface area contributed by atoms with Crippen LogP contribution in [0.25, 0.3) is 11.3 Å². The Morgan fingerprint density at radius 3 is 2.81 bits per heavy atom. The van der Waals surface area contributed by atoms with Crippen molar-refractivity contribution in [1.82, 2.24) is 25.2 Å². The lowest BCUT2D eigenvalue weighted by atomic mass is 10.0. The minimum Gasteiger partial charge on any atom is -0.379 e. The lowest BCUT2D eigenvalue weighted by Crippen LogP contribution is -2.41. The van der Waals surface area contributed by atoms with Crippen molar-refractivity contribution in [3.8, 4) is 11.3 Å². The Morgan fingerprint density at radius 2 is 2.03 bits per heavy atom. The molecule has 0 aliphatic carbocycles. The van der Waals surface area contributed by atoms with E-state index in [-0.39, 0.29) is 11.7 Å². The van der Waals surface area contributed by atoms with Crippen molar-refractivity contribution in [3.05, 3.63) is 70.1 Å². The van der Waals surface area contributed by atoms with Crippen molar-refractivity contribution in [3.63, 3.8) is 0 Å². The Labute approximate surface area is 191 Å². The maximum Gasteiger partial charge on any atom is 0.251 e. The zero-order valence-electron chi connectivity index (χ0n) is 17.9. The number of rotatable bonds is 7. The normalized spacial score (nSPS) is 14.5. The molecule has 1 fully saturated rings. The van der Waals surface area contributed by atoms with Crippen molar-refractivity contribution in [2.24, 2.45) is 0 Å². The van der Waals surface area contributed by atoms with Crippen LogP contribution >= 0.6 is 11.6 Å². The van der Waals surface area contributed by atoms with E-state index in [1.807, 2.05) is 25.1 Å². The minimum atomic E-state index is -0.381. The maximum absolute atomic E-state index is 13.3. The zero-order chi connectivity index (χ0) is 22.5. The molecule has 0 bridgehead atoms. The number of hydrogen-bond acceptors (Lipinski definition) is 5. The van der Waals surface area contributed by atoms with Crippen molar-refractivity contribution < 1.29 is 13.9 Å². The van der Waals surface area contributed by atoms with Crippen molar-refractivity contribution in [2.75, 3.05) is 39.4 Å². The Bertz CT molecular complexity index is 1100. The van der Waals surface area contributed by atoms with E-state index in [4.69, 9.17) is 16.3 Å². The van der Waals surface area contributed by atoms with Gasteiger partial charge in [-0.3, -0.25) is 9.69 Å². The highest BCUT2D eigenvalue weighted by molar-refractivity contribution is 6.31. The molecule has 2 heterocycles. The van der Waals surface area contributed by atoms with Gasteiger partial charge in [-0.15, -0.1) is 5.10 Å². The van der Waals surface area contributed by atoms with Gasteiger partial charge in [0.15, 0.2) is 0 Å². The van der Waals surface area contributed by atoms with E-state index in [9.17, 15) is 9.18 Å². The van der Waals surface area contributed by atoms with E-state index >= 15 is 0 Å². The summed E-state index contributed by atoms with van der Waals surface area (Å²) in [7, 11) is 0. The Hall–Kier alpha value is -2.81. The number of carbonyl (C=O) groups is 1. The van der Waals surface area contributed by atoms with Gasteiger partial charge in [0.25, 0.3) is 5.91 Å². The van der Waals surface area contributed by atoms with Crippen LogP contribution in [-0.4, -0.2) is 65.2 Å². The molecule has 168 valence electrons. The van der Waals surface area contributed by atoms with Gasteiger partial charge in [0.1, 0.15) is 11.5 Å². The Morgan fingerprint density at radius 1 is 1.22 bits per heavy atom.